The minimum absolute atomic E-state index is 0.397. The predicted molar refractivity (Wildman–Crippen MR) is 50.0 cm³/mol. The van der Waals surface area contributed by atoms with Crippen molar-refractivity contribution < 1.29 is 5.11 Å². The summed E-state index contributed by atoms with van der Waals surface area (Å²) in [5.41, 5.74) is 0.589. The van der Waals surface area contributed by atoms with E-state index in [0.717, 1.165) is 5.01 Å². The van der Waals surface area contributed by atoms with Crippen LogP contribution in [0.25, 0.3) is 0 Å². The molecular formula is C9H11NOS. The average molecular weight is 181 g/mol. The van der Waals surface area contributed by atoms with Gasteiger partial charge in [0.05, 0.1) is 10.7 Å². The first kappa shape index (κ1) is 9.24. The van der Waals surface area contributed by atoms with E-state index in [1.54, 1.807) is 5.38 Å². The van der Waals surface area contributed by atoms with Crippen molar-refractivity contribution in [2.75, 3.05) is 0 Å². The first-order valence-corrected chi connectivity index (χ1v) is 4.62. The van der Waals surface area contributed by atoms with Crippen molar-refractivity contribution in [1.82, 2.24) is 4.98 Å². The molecule has 0 saturated heterocycles. The third-order valence-corrected chi connectivity index (χ3v) is 2.64. The van der Waals surface area contributed by atoms with Gasteiger partial charge in [-0.3, -0.25) is 0 Å². The Morgan fingerprint density at radius 3 is 2.75 bits per heavy atom. The minimum Gasteiger partial charge on any atom is -0.374 e. The molecule has 1 aromatic rings. The fourth-order valence-corrected chi connectivity index (χ4v) is 1.63. The molecule has 0 aliphatic rings. The molecule has 0 spiro atoms. The Hall–Kier alpha value is -0.850. The normalized spacial score (nSPS) is 12.9. The molecule has 0 aromatic carbocycles. The molecule has 0 saturated carbocycles. The van der Waals surface area contributed by atoms with E-state index in [1.165, 1.54) is 11.3 Å². The first-order chi connectivity index (χ1) is 5.65. The lowest BCUT2D eigenvalue weighted by molar-refractivity contribution is 0.234. The first-order valence-electron chi connectivity index (χ1n) is 3.74. The third-order valence-electron chi connectivity index (χ3n) is 1.47. The molecule has 1 unspecified atom stereocenters. The summed E-state index contributed by atoms with van der Waals surface area (Å²) < 4.78 is 0. The van der Waals surface area contributed by atoms with Gasteiger partial charge in [-0.15, -0.1) is 17.8 Å². The van der Waals surface area contributed by atoms with Crippen molar-refractivity contribution in [3.8, 4) is 12.3 Å². The molecule has 1 rings (SSSR count). The van der Waals surface area contributed by atoms with Gasteiger partial charge in [0.1, 0.15) is 0 Å². The lowest BCUT2D eigenvalue weighted by Crippen LogP contribution is -1.94. The van der Waals surface area contributed by atoms with Crippen LogP contribution >= 0.6 is 11.3 Å². The second-order valence-electron chi connectivity index (χ2n) is 2.83. The molecule has 1 heterocycles. The number of terminal acetylenes is 1. The van der Waals surface area contributed by atoms with Crippen LogP contribution in [0.1, 0.15) is 36.6 Å². The van der Waals surface area contributed by atoms with Crippen LogP contribution < -0.4 is 0 Å². The van der Waals surface area contributed by atoms with E-state index in [4.69, 9.17) is 6.42 Å². The summed E-state index contributed by atoms with van der Waals surface area (Å²) in [4.78, 5) is 4.21. The zero-order chi connectivity index (χ0) is 9.14. The van der Waals surface area contributed by atoms with Crippen LogP contribution in [0.3, 0.4) is 0 Å². The summed E-state index contributed by atoms with van der Waals surface area (Å²) in [6.45, 7) is 4.12. The van der Waals surface area contributed by atoms with Crippen LogP contribution in [0.5, 0.6) is 0 Å². The number of rotatable bonds is 2. The van der Waals surface area contributed by atoms with Crippen molar-refractivity contribution >= 4 is 11.3 Å². The zero-order valence-electron chi connectivity index (χ0n) is 7.11. The number of aliphatic hydroxyl groups excluding tert-OH is 1. The molecule has 0 radical (unpaired) electrons. The Morgan fingerprint density at radius 1 is 1.67 bits per heavy atom. The highest BCUT2D eigenvalue weighted by atomic mass is 32.1. The minimum atomic E-state index is -0.853. The Morgan fingerprint density at radius 2 is 2.33 bits per heavy atom. The van der Waals surface area contributed by atoms with Crippen LogP contribution in [0.2, 0.25) is 0 Å². The molecule has 0 fully saturated rings. The highest BCUT2D eigenvalue weighted by molar-refractivity contribution is 7.09. The van der Waals surface area contributed by atoms with Gasteiger partial charge in [0.2, 0.25) is 0 Å². The highest BCUT2D eigenvalue weighted by Crippen LogP contribution is 2.22. The van der Waals surface area contributed by atoms with E-state index in [2.05, 4.69) is 24.8 Å². The number of aromatic nitrogens is 1. The van der Waals surface area contributed by atoms with E-state index in [0.29, 0.717) is 11.6 Å². The molecule has 3 heteroatoms. The summed E-state index contributed by atoms with van der Waals surface area (Å²) in [6, 6.07) is 0. The quantitative estimate of drug-likeness (QED) is 0.707. The van der Waals surface area contributed by atoms with Gasteiger partial charge in [-0.1, -0.05) is 19.8 Å². The maximum absolute atomic E-state index is 9.23. The largest absolute Gasteiger partial charge is 0.374 e. The van der Waals surface area contributed by atoms with Crippen molar-refractivity contribution in [3.63, 3.8) is 0 Å². The molecule has 1 atom stereocenters. The van der Waals surface area contributed by atoms with Gasteiger partial charge in [-0.25, -0.2) is 4.98 Å². The topological polar surface area (TPSA) is 33.1 Å². The van der Waals surface area contributed by atoms with E-state index in [-0.39, 0.29) is 0 Å². The molecule has 0 bridgehead atoms. The Labute approximate surface area is 76.3 Å². The van der Waals surface area contributed by atoms with E-state index < -0.39 is 6.10 Å². The highest BCUT2D eigenvalue weighted by Gasteiger charge is 2.10. The number of hydrogen-bond acceptors (Lipinski definition) is 3. The molecule has 64 valence electrons. The molecule has 0 aliphatic heterocycles. The van der Waals surface area contributed by atoms with Gasteiger partial charge in [0, 0.05) is 11.3 Å². The molecule has 1 aromatic heterocycles. The average Bonchev–Trinajstić information content (AvgIpc) is 2.51. The second kappa shape index (κ2) is 3.70. The summed E-state index contributed by atoms with van der Waals surface area (Å²) in [6.07, 6.45) is 4.20. The van der Waals surface area contributed by atoms with Crippen LogP contribution in [0.4, 0.5) is 0 Å². The Bertz CT molecular complexity index is 298. The van der Waals surface area contributed by atoms with Gasteiger partial charge >= 0.3 is 0 Å². The maximum atomic E-state index is 9.23. The number of hydrogen-bond donors (Lipinski definition) is 1. The van der Waals surface area contributed by atoms with Crippen molar-refractivity contribution in [2.45, 2.75) is 25.9 Å². The second-order valence-corrected chi connectivity index (χ2v) is 3.72. The SMILES string of the molecule is C#CC(O)c1csc(C(C)C)n1. The van der Waals surface area contributed by atoms with Gasteiger partial charge in [0.25, 0.3) is 0 Å². The summed E-state index contributed by atoms with van der Waals surface area (Å²) >= 11 is 1.53. The van der Waals surface area contributed by atoms with Crippen LogP contribution in [0, 0.1) is 12.3 Å². The lowest BCUT2D eigenvalue weighted by atomic mass is 10.2. The fraction of sp³-hybridized carbons (Fsp3) is 0.444. The van der Waals surface area contributed by atoms with Gasteiger partial charge < -0.3 is 5.11 Å². The third kappa shape index (κ3) is 1.84. The Kier molecular flexibility index (Phi) is 2.85. The summed E-state index contributed by atoms with van der Waals surface area (Å²) in [5.74, 6) is 2.63. The standard InChI is InChI=1S/C9H11NOS/c1-4-8(11)7-5-12-9(10-7)6(2)3/h1,5-6,8,11H,2-3H3. The lowest BCUT2D eigenvalue weighted by Gasteiger charge is -1.98. The molecule has 1 N–H and O–H groups in total. The van der Waals surface area contributed by atoms with Gasteiger partial charge in [-0.2, -0.15) is 0 Å². The fourth-order valence-electron chi connectivity index (χ4n) is 0.777. The molecule has 12 heavy (non-hydrogen) atoms. The molecule has 0 amide bonds. The van der Waals surface area contributed by atoms with Crippen molar-refractivity contribution in [2.24, 2.45) is 0 Å². The summed E-state index contributed by atoms with van der Waals surface area (Å²) in [5, 5.41) is 12.1. The van der Waals surface area contributed by atoms with E-state index >= 15 is 0 Å². The van der Waals surface area contributed by atoms with E-state index in [1.807, 2.05) is 0 Å². The van der Waals surface area contributed by atoms with Crippen LogP contribution in [0.15, 0.2) is 5.38 Å². The molecule has 2 nitrogen and oxygen atoms in total. The summed E-state index contributed by atoms with van der Waals surface area (Å²) in [7, 11) is 0. The van der Waals surface area contributed by atoms with Crippen LogP contribution in [-0.2, 0) is 0 Å². The smallest absolute Gasteiger partial charge is 0.157 e. The van der Waals surface area contributed by atoms with E-state index in [9.17, 15) is 5.11 Å². The van der Waals surface area contributed by atoms with Crippen molar-refractivity contribution in [3.05, 3.63) is 16.1 Å². The van der Waals surface area contributed by atoms with Crippen molar-refractivity contribution in [1.29, 1.82) is 0 Å². The number of aliphatic hydroxyl groups is 1. The van der Waals surface area contributed by atoms with Gasteiger partial charge in [0.15, 0.2) is 6.10 Å². The molecular weight excluding hydrogens is 170 g/mol. The number of thiazole rings is 1. The maximum Gasteiger partial charge on any atom is 0.157 e. The monoisotopic (exact) mass is 181 g/mol. The predicted octanol–water partition coefficient (Wildman–Crippen LogP) is 1.93. The van der Waals surface area contributed by atoms with Gasteiger partial charge in [-0.05, 0) is 0 Å². The molecule has 0 aliphatic carbocycles. The van der Waals surface area contributed by atoms with Crippen LogP contribution in [-0.4, -0.2) is 10.1 Å². The zero-order valence-corrected chi connectivity index (χ0v) is 7.93. The number of nitrogens with zero attached hydrogens (tertiary/aromatic N) is 1. The Balaban J connectivity index is 2.86.